The summed E-state index contributed by atoms with van der Waals surface area (Å²) in [4.78, 5) is 26.8. The first-order valence-corrected chi connectivity index (χ1v) is 14.2. The van der Waals surface area contributed by atoms with Crippen LogP contribution in [0, 0.1) is 11.8 Å². The van der Waals surface area contributed by atoms with Crippen LogP contribution < -0.4 is 0 Å². The number of hydrogen-bond donors (Lipinski definition) is 0. The molecule has 1 fully saturated rings. The minimum atomic E-state index is -4.39. The number of nitrogens with zero attached hydrogens (tertiary/aromatic N) is 1. The first kappa shape index (κ1) is 32.1. The molecule has 0 aliphatic carbocycles. The summed E-state index contributed by atoms with van der Waals surface area (Å²) in [6, 6.07) is 21.7. The van der Waals surface area contributed by atoms with E-state index >= 15 is 0 Å². The summed E-state index contributed by atoms with van der Waals surface area (Å²) in [6.45, 7) is 7.92. The molecule has 7 heteroatoms. The second-order valence-electron chi connectivity index (χ2n) is 11.0. The SMILES string of the molecule is CCC(C)C.COC(=O)CC1CCN(Cc2ccc(C(=O)c3ccccc3)cc2)C(c2ccc(C(F)(F)F)cc2)C1. The minimum absolute atomic E-state index is 0.0478. The second kappa shape index (κ2) is 15.0. The Hall–Kier alpha value is -3.45. The van der Waals surface area contributed by atoms with Crippen molar-refractivity contribution in [3.63, 3.8) is 0 Å². The molecular weight excluding hydrogens is 527 g/mol. The van der Waals surface area contributed by atoms with Gasteiger partial charge in [0.05, 0.1) is 12.7 Å². The Morgan fingerprint density at radius 2 is 1.51 bits per heavy atom. The summed E-state index contributed by atoms with van der Waals surface area (Å²) in [7, 11) is 1.36. The van der Waals surface area contributed by atoms with Gasteiger partial charge in [0.25, 0.3) is 0 Å². The van der Waals surface area contributed by atoms with Gasteiger partial charge in [-0.1, -0.05) is 93.9 Å². The van der Waals surface area contributed by atoms with Crippen molar-refractivity contribution < 1.29 is 27.5 Å². The summed E-state index contributed by atoms with van der Waals surface area (Å²) in [5.41, 5.74) is 2.33. The maximum absolute atomic E-state index is 13.1. The number of carbonyl (C=O) groups excluding carboxylic acids is 2. The van der Waals surface area contributed by atoms with E-state index in [0.717, 1.165) is 35.6 Å². The number of rotatable bonds is 8. The number of halogens is 3. The zero-order valence-corrected chi connectivity index (χ0v) is 24.3. The zero-order chi connectivity index (χ0) is 30.0. The average molecular weight is 568 g/mol. The highest BCUT2D eigenvalue weighted by molar-refractivity contribution is 6.08. The van der Waals surface area contributed by atoms with Crippen molar-refractivity contribution >= 4 is 11.8 Å². The first-order chi connectivity index (χ1) is 19.5. The Labute approximate surface area is 241 Å². The van der Waals surface area contributed by atoms with Crippen LogP contribution in [0.2, 0.25) is 0 Å². The smallest absolute Gasteiger partial charge is 0.416 e. The number of benzene rings is 3. The van der Waals surface area contributed by atoms with Crippen LogP contribution in [0.4, 0.5) is 13.2 Å². The molecule has 0 saturated carbocycles. The summed E-state index contributed by atoms with van der Waals surface area (Å²) in [5.74, 6) is 0.647. The fourth-order valence-corrected chi connectivity index (χ4v) is 4.77. The number of esters is 1. The van der Waals surface area contributed by atoms with Crippen LogP contribution in [-0.2, 0) is 22.3 Å². The van der Waals surface area contributed by atoms with Crippen molar-refractivity contribution in [2.75, 3.05) is 13.7 Å². The van der Waals surface area contributed by atoms with Gasteiger partial charge in [0, 0.05) is 30.1 Å². The van der Waals surface area contributed by atoms with Crippen LogP contribution in [0.1, 0.15) is 85.1 Å². The van der Waals surface area contributed by atoms with Crippen LogP contribution in [0.5, 0.6) is 0 Å². The minimum Gasteiger partial charge on any atom is -0.469 e. The molecular formula is C34H40F3NO3. The Bertz CT molecular complexity index is 1240. The van der Waals surface area contributed by atoms with Gasteiger partial charge in [-0.05, 0) is 54.5 Å². The average Bonchev–Trinajstić information content (AvgIpc) is 2.98. The van der Waals surface area contributed by atoms with Crippen molar-refractivity contribution in [3.8, 4) is 0 Å². The maximum Gasteiger partial charge on any atom is 0.416 e. The van der Waals surface area contributed by atoms with Crippen LogP contribution in [-0.4, -0.2) is 30.3 Å². The van der Waals surface area contributed by atoms with Crippen molar-refractivity contribution in [1.29, 1.82) is 0 Å². The number of carbonyl (C=O) groups is 2. The van der Waals surface area contributed by atoms with Gasteiger partial charge >= 0.3 is 12.1 Å². The Balaban J connectivity index is 0.000000850. The predicted octanol–water partition coefficient (Wildman–Crippen LogP) is 8.51. The quantitative estimate of drug-likeness (QED) is 0.202. The molecule has 41 heavy (non-hydrogen) atoms. The maximum atomic E-state index is 13.1. The number of ether oxygens (including phenoxy) is 1. The van der Waals surface area contributed by atoms with Gasteiger partial charge in [-0.2, -0.15) is 13.2 Å². The van der Waals surface area contributed by atoms with E-state index in [0.29, 0.717) is 30.6 Å². The third kappa shape index (κ3) is 9.56. The number of likely N-dealkylation sites (tertiary alicyclic amines) is 1. The molecule has 1 aliphatic rings. The second-order valence-corrected chi connectivity index (χ2v) is 11.0. The molecule has 0 spiro atoms. The highest BCUT2D eigenvalue weighted by Crippen LogP contribution is 2.38. The van der Waals surface area contributed by atoms with Crippen LogP contribution in [0.15, 0.2) is 78.9 Å². The lowest BCUT2D eigenvalue weighted by Crippen LogP contribution is -2.37. The summed E-state index contributed by atoms with van der Waals surface area (Å²) >= 11 is 0. The molecule has 4 nitrogen and oxygen atoms in total. The van der Waals surface area contributed by atoms with E-state index in [1.54, 1.807) is 12.1 Å². The van der Waals surface area contributed by atoms with Gasteiger partial charge in [0.1, 0.15) is 0 Å². The molecule has 1 heterocycles. The molecule has 0 aromatic heterocycles. The van der Waals surface area contributed by atoms with Crippen molar-refractivity contribution in [2.24, 2.45) is 11.8 Å². The van der Waals surface area contributed by atoms with Gasteiger partial charge in [0.15, 0.2) is 5.78 Å². The number of hydrogen-bond acceptors (Lipinski definition) is 4. The monoisotopic (exact) mass is 567 g/mol. The van der Waals surface area contributed by atoms with Gasteiger partial charge < -0.3 is 4.74 Å². The molecule has 1 saturated heterocycles. The molecule has 2 unspecified atom stereocenters. The fraction of sp³-hybridized carbons (Fsp3) is 0.412. The highest BCUT2D eigenvalue weighted by Gasteiger charge is 2.33. The van der Waals surface area contributed by atoms with E-state index in [1.807, 2.05) is 42.5 Å². The molecule has 2 atom stereocenters. The highest BCUT2D eigenvalue weighted by atomic mass is 19.4. The third-order valence-corrected chi connectivity index (χ3v) is 7.58. The molecule has 0 N–H and O–H groups in total. The lowest BCUT2D eigenvalue weighted by atomic mass is 9.84. The molecule has 4 rings (SSSR count). The molecule has 3 aromatic carbocycles. The van der Waals surface area contributed by atoms with E-state index in [4.69, 9.17) is 4.74 Å². The van der Waals surface area contributed by atoms with Crippen molar-refractivity contribution in [3.05, 3.63) is 107 Å². The molecule has 1 aliphatic heterocycles. The molecule has 220 valence electrons. The summed E-state index contributed by atoms with van der Waals surface area (Å²) in [5, 5.41) is 0. The van der Waals surface area contributed by atoms with Crippen molar-refractivity contribution in [1.82, 2.24) is 4.90 Å². The van der Waals surface area contributed by atoms with E-state index in [1.165, 1.54) is 25.7 Å². The number of methoxy groups -OCH3 is 1. The van der Waals surface area contributed by atoms with E-state index in [-0.39, 0.29) is 30.1 Å². The molecule has 0 radical (unpaired) electrons. The Kier molecular flexibility index (Phi) is 11.7. The first-order valence-electron chi connectivity index (χ1n) is 14.2. The predicted molar refractivity (Wildman–Crippen MR) is 155 cm³/mol. The number of ketones is 1. The van der Waals surface area contributed by atoms with Gasteiger partial charge in [-0.3, -0.25) is 14.5 Å². The zero-order valence-electron chi connectivity index (χ0n) is 24.3. The largest absolute Gasteiger partial charge is 0.469 e. The van der Waals surface area contributed by atoms with Gasteiger partial charge in [0.2, 0.25) is 0 Å². The summed E-state index contributed by atoms with van der Waals surface area (Å²) < 4.78 is 44.1. The Morgan fingerprint density at radius 1 is 0.927 bits per heavy atom. The van der Waals surface area contributed by atoms with E-state index < -0.39 is 11.7 Å². The molecule has 0 amide bonds. The van der Waals surface area contributed by atoms with Gasteiger partial charge in [-0.25, -0.2) is 0 Å². The Morgan fingerprint density at radius 3 is 2.05 bits per heavy atom. The van der Waals surface area contributed by atoms with E-state index in [9.17, 15) is 22.8 Å². The molecule has 0 bridgehead atoms. The molecule has 3 aromatic rings. The normalized spacial score (nSPS) is 17.5. The van der Waals surface area contributed by atoms with Crippen LogP contribution in [0.3, 0.4) is 0 Å². The standard InChI is InChI=1S/C29H28F3NO3.C5H12/c1-36-27(34)18-21-15-16-33(26(17-21)22-11-13-25(14-12-22)29(30,31)32)19-20-7-9-24(10-8-20)28(35)23-5-3-2-4-6-23;1-4-5(2)3/h2-14,21,26H,15-19H2,1H3;5H,4H2,1-3H3. The number of piperidine rings is 1. The van der Waals surface area contributed by atoms with E-state index in [2.05, 4.69) is 25.7 Å². The van der Waals surface area contributed by atoms with Crippen molar-refractivity contribution in [2.45, 2.75) is 65.2 Å². The third-order valence-electron chi connectivity index (χ3n) is 7.58. The van der Waals surface area contributed by atoms with Crippen LogP contribution >= 0.6 is 0 Å². The fourth-order valence-electron chi connectivity index (χ4n) is 4.77. The lowest BCUT2D eigenvalue weighted by Gasteiger charge is -2.40. The topological polar surface area (TPSA) is 46.6 Å². The van der Waals surface area contributed by atoms with Crippen LogP contribution in [0.25, 0.3) is 0 Å². The summed E-state index contributed by atoms with van der Waals surface area (Å²) in [6.07, 6.45) is -1.36. The number of alkyl halides is 3. The lowest BCUT2D eigenvalue weighted by molar-refractivity contribution is -0.142. The van der Waals surface area contributed by atoms with Gasteiger partial charge in [-0.15, -0.1) is 0 Å².